The molecule has 0 aliphatic carbocycles. The van der Waals surface area contributed by atoms with Gasteiger partial charge < -0.3 is 40.3 Å². The normalized spacial score (nSPS) is 26.6. The second-order valence-corrected chi connectivity index (χ2v) is 7.51. The Morgan fingerprint density at radius 2 is 2.07 bits per heavy atom. The molecule has 0 spiro atoms. The van der Waals surface area contributed by atoms with E-state index < -0.39 is 56.6 Å². The number of hydrogen-bond donors (Lipinski definition) is 6. The lowest BCUT2D eigenvalue weighted by Crippen LogP contribution is -2.36. The van der Waals surface area contributed by atoms with Crippen LogP contribution < -0.4 is 5.73 Å². The summed E-state index contributed by atoms with van der Waals surface area (Å²) in [4.78, 5) is 39.6. The van der Waals surface area contributed by atoms with Gasteiger partial charge in [-0.1, -0.05) is 0 Å². The third-order valence-corrected chi connectivity index (χ3v) is 4.95. The molecule has 2 aromatic rings. The van der Waals surface area contributed by atoms with Gasteiger partial charge in [0.15, 0.2) is 23.2 Å². The number of nitrogens with two attached hydrogens (primary N) is 1. The zero-order chi connectivity index (χ0) is 20.8. The van der Waals surface area contributed by atoms with Crippen LogP contribution in [0.2, 0.25) is 0 Å². The zero-order valence-corrected chi connectivity index (χ0v) is 14.6. The highest BCUT2D eigenvalue weighted by molar-refractivity contribution is 7.53. The molecule has 0 saturated carbocycles. The number of ether oxygens (including phenoxy) is 2. The molecule has 0 amide bonds. The average Bonchev–Trinajstić information content (AvgIpc) is 3.09. The van der Waals surface area contributed by atoms with E-state index in [-0.39, 0.29) is 17.0 Å². The Balaban J connectivity index is 1.81. The fourth-order valence-corrected chi connectivity index (χ4v) is 3.26. The monoisotopic (exact) mass is 423 g/mol. The SMILES string of the molecule is Nc1nc(F)nc2c1ncn2[C@@H]1O[C@H](CO[C@@H](C(=O)O)P(=O)(O)O)[C@H](O)[C@H]1O. The first kappa shape index (κ1) is 20.5. The van der Waals surface area contributed by atoms with E-state index in [1.54, 1.807) is 0 Å². The number of halogens is 1. The Labute approximate surface area is 154 Å². The number of nitrogens with zero attached hydrogens (tertiary/aromatic N) is 4. The highest BCUT2D eigenvalue weighted by Crippen LogP contribution is 2.42. The van der Waals surface area contributed by atoms with Gasteiger partial charge in [0.2, 0.25) is 0 Å². The van der Waals surface area contributed by atoms with Crippen LogP contribution in [0.1, 0.15) is 6.23 Å². The second kappa shape index (κ2) is 7.29. The molecule has 1 saturated heterocycles. The minimum absolute atomic E-state index is 0.0128. The smallest absolute Gasteiger partial charge is 0.365 e. The van der Waals surface area contributed by atoms with E-state index in [1.807, 2.05) is 0 Å². The molecule has 14 nitrogen and oxygen atoms in total. The van der Waals surface area contributed by atoms with E-state index in [0.717, 1.165) is 10.9 Å². The van der Waals surface area contributed by atoms with Gasteiger partial charge >= 0.3 is 19.6 Å². The fraction of sp³-hybridized carbons (Fsp3) is 0.500. The van der Waals surface area contributed by atoms with Crippen molar-refractivity contribution in [1.29, 1.82) is 0 Å². The summed E-state index contributed by atoms with van der Waals surface area (Å²) in [5, 5.41) is 29.1. The van der Waals surface area contributed by atoms with E-state index in [9.17, 15) is 24.0 Å². The molecule has 28 heavy (non-hydrogen) atoms. The van der Waals surface area contributed by atoms with Crippen LogP contribution >= 0.6 is 7.60 Å². The van der Waals surface area contributed by atoms with Crippen LogP contribution in [0.15, 0.2) is 6.33 Å². The number of aromatic nitrogens is 4. The molecule has 16 heteroatoms. The summed E-state index contributed by atoms with van der Waals surface area (Å²) >= 11 is 0. The number of aliphatic hydroxyl groups is 2. The number of hydrogen-bond acceptors (Lipinski definition) is 10. The summed E-state index contributed by atoms with van der Waals surface area (Å²) < 4.78 is 35.7. The summed E-state index contributed by atoms with van der Waals surface area (Å²) in [6.07, 6.45) is -6.00. The Bertz CT molecular complexity index is 951. The Morgan fingerprint density at radius 3 is 2.68 bits per heavy atom. The van der Waals surface area contributed by atoms with Crippen molar-refractivity contribution in [3.8, 4) is 0 Å². The number of rotatable bonds is 6. The highest BCUT2D eigenvalue weighted by atomic mass is 31.2. The molecule has 1 fully saturated rings. The molecule has 1 aliphatic heterocycles. The van der Waals surface area contributed by atoms with Gasteiger partial charge in [-0.05, 0) is 0 Å². The standard InChI is InChI=1S/C12H15FN5O9P/c13-12-16-7(14)4-8(17-12)18(2-15-4)9-6(20)5(19)3(27-9)1-26-11(10(21)22)28(23,24)25/h2-3,5-6,9,11,19-20H,1H2,(H,21,22)(H2,14,16,17)(H2,23,24,25)/t3-,5+,6-,9-,11-/m1/s1. The lowest BCUT2D eigenvalue weighted by Gasteiger charge is -2.19. The van der Waals surface area contributed by atoms with Crippen LogP contribution in [0.5, 0.6) is 0 Å². The zero-order valence-electron chi connectivity index (χ0n) is 13.7. The maximum atomic E-state index is 13.4. The van der Waals surface area contributed by atoms with Crippen LogP contribution in [0.4, 0.5) is 10.2 Å². The number of carbonyl (C=O) groups is 1. The molecule has 0 radical (unpaired) electrons. The quantitative estimate of drug-likeness (QED) is 0.214. The van der Waals surface area contributed by atoms with Gasteiger partial charge in [-0.15, -0.1) is 0 Å². The van der Waals surface area contributed by atoms with E-state index >= 15 is 0 Å². The first-order valence-electron chi connectivity index (χ1n) is 7.57. The Morgan fingerprint density at radius 1 is 1.39 bits per heavy atom. The van der Waals surface area contributed by atoms with Gasteiger partial charge in [0.25, 0.3) is 5.85 Å². The van der Waals surface area contributed by atoms with E-state index in [4.69, 9.17) is 25.4 Å². The predicted molar refractivity (Wildman–Crippen MR) is 85.0 cm³/mol. The van der Waals surface area contributed by atoms with Gasteiger partial charge in [-0.3, -0.25) is 9.13 Å². The third kappa shape index (κ3) is 3.68. The van der Waals surface area contributed by atoms with Crippen LogP contribution in [-0.4, -0.2) is 81.4 Å². The highest BCUT2D eigenvalue weighted by Gasteiger charge is 2.46. The summed E-state index contributed by atoms with van der Waals surface area (Å²) in [7, 11) is -5.14. The van der Waals surface area contributed by atoms with Crippen LogP contribution in [0, 0.1) is 6.08 Å². The van der Waals surface area contributed by atoms with E-state index in [0.29, 0.717) is 0 Å². The Hall–Kier alpha value is -2.26. The van der Waals surface area contributed by atoms with Crippen molar-refractivity contribution < 1.29 is 48.3 Å². The van der Waals surface area contributed by atoms with Crippen molar-refractivity contribution in [2.24, 2.45) is 0 Å². The topological polar surface area (TPSA) is 223 Å². The van der Waals surface area contributed by atoms with E-state index in [1.165, 1.54) is 0 Å². The molecule has 0 unspecified atom stereocenters. The molecule has 0 aromatic carbocycles. The average molecular weight is 423 g/mol. The van der Waals surface area contributed by atoms with Gasteiger partial charge in [-0.2, -0.15) is 14.4 Å². The number of carboxylic acids is 1. The lowest BCUT2D eigenvalue weighted by atomic mass is 10.1. The number of anilines is 1. The van der Waals surface area contributed by atoms with Gasteiger partial charge in [0.05, 0.1) is 12.9 Å². The van der Waals surface area contributed by atoms with Crippen molar-refractivity contribution in [3.63, 3.8) is 0 Å². The Kier molecular flexibility index (Phi) is 5.33. The number of aliphatic hydroxyl groups excluding tert-OH is 2. The minimum Gasteiger partial charge on any atom is -0.479 e. The number of carboxylic acid groups (broad SMARTS) is 1. The van der Waals surface area contributed by atoms with Gasteiger partial charge in [0, 0.05) is 0 Å². The second-order valence-electron chi connectivity index (χ2n) is 5.86. The van der Waals surface area contributed by atoms with Gasteiger partial charge in [-0.25, -0.2) is 9.78 Å². The lowest BCUT2D eigenvalue weighted by molar-refractivity contribution is -0.149. The number of nitrogen functional groups attached to an aromatic ring is 1. The molecule has 5 atom stereocenters. The summed E-state index contributed by atoms with van der Waals surface area (Å²) in [6.45, 7) is -0.769. The third-order valence-electron chi connectivity index (χ3n) is 3.97. The predicted octanol–water partition coefficient (Wildman–Crippen LogP) is -2.23. The summed E-state index contributed by atoms with van der Waals surface area (Å²) in [5.74, 6) is -4.66. The summed E-state index contributed by atoms with van der Waals surface area (Å²) in [6, 6.07) is 0. The van der Waals surface area contributed by atoms with Crippen LogP contribution in [0.3, 0.4) is 0 Å². The van der Waals surface area contributed by atoms with Crippen molar-refractivity contribution in [2.45, 2.75) is 30.4 Å². The van der Waals surface area contributed by atoms with E-state index in [2.05, 4.69) is 19.7 Å². The molecular formula is C12H15FN5O9P. The largest absolute Gasteiger partial charge is 0.479 e. The fourth-order valence-electron chi connectivity index (χ4n) is 2.69. The van der Waals surface area contributed by atoms with Crippen LogP contribution in [0.25, 0.3) is 11.2 Å². The minimum atomic E-state index is -5.14. The molecule has 3 rings (SSSR count). The van der Waals surface area contributed by atoms with Crippen LogP contribution in [-0.2, 0) is 18.8 Å². The first-order valence-corrected chi connectivity index (χ1v) is 9.25. The van der Waals surface area contributed by atoms with Gasteiger partial charge in [0.1, 0.15) is 18.3 Å². The first-order chi connectivity index (χ1) is 13.0. The molecule has 3 heterocycles. The molecule has 7 N–H and O–H groups in total. The number of imidazole rings is 1. The van der Waals surface area contributed by atoms with Crippen molar-refractivity contribution >= 4 is 30.5 Å². The molecule has 1 aliphatic rings. The van der Waals surface area contributed by atoms with Crippen molar-refractivity contribution in [2.75, 3.05) is 12.3 Å². The van der Waals surface area contributed by atoms with Crippen molar-refractivity contribution in [1.82, 2.24) is 19.5 Å². The van der Waals surface area contributed by atoms with Crippen molar-refractivity contribution in [3.05, 3.63) is 12.4 Å². The number of aliphatic carboxylic acids is 1. The summed E-state index contributed by atoms with van der Waals surface area (Å²) in [5.41, 5.74) is 5.41. The maximum Gasteiger partial charge on any atom is 0.365 e. The molecular weight excluding hydrogens is 408 g/mol. The molecule has 2 aromatic heterocycles. The molecule has 0 bridgehead atoms. The number of fused-ring (bicyclic) bond motifs is 1. The molecule has 154 valence electrons. The maximum absolute atomic E-state index is 13.4.